The van der Waals surface area contributed by atoms with Gasteiger partial charge in [0.1, 0.15) is 5.75 Å². The van der Waals surface area contributed by atoms with E-state index < -0.39 is 10.0 Å². The van der Waals surface area contributed by atoms with Crippen molar-refractivity contribution in [3.05, 3.63) is 54.1 Å². The van der Waals surface area contributed by atoms with E-state index in [1.54, 1.807) is 36.4 Å². The molecule has 138 valence electrons. The van der Waals surface area contributed by atoms with Crippen molar-refractivity contribution in [3.8, 4) is 5.75 Å². The summed E-state index contributed by atoms with van der Waals surface area (Å²) in [5.41, 5.74) is 0.729. The molecule has 0 aromatic heterocycles. The third kappa shape index (κ3) is 4.33. The van der Waals surface area contributed by atoms with Crippen LogP contribution in [0.3, 0.4) is 0 Å². The van der Waals surface area contributed by atoms with Crippen LogP contribution in [0.5, 0.6) is 5.75 Å². The van der Waals surface area contributed by atoms with Crippen LogP contribution in [0.4, 0.5) is 5.69 Å². The number of carbonyl (C=O) groups excluding carboxylic acids is 1. The first-order valence-corrected chi connectivity index (χ1v) is 9.75. The van der Waals surface area contributed by atoms with E-state index in [1.165, 1.54) is 19.2 Å². The van der Waals surface area contributed by atoms with Crippen molar-refractivity contribution in [2.45, 2.75) is 17.4 Å². The molecular formula is C18H21N3O4S. The minimum Gasteiger partial charge on any atom is -0.497 e. The highest BCUT2D eigenvalue weighted by molar-refractivity contribution is 7.92. The zero-order chi connectivity index (χ0) is 18.6. The van der Waals surface area contributed by atoms with E-state index in [0.717, 1.165) is 19.5 Å². The third-order valence-corrected chi connectivity index (χ3v) is 5.52. The Morgan fingerprint density at radius 1 is 1.19 bits per heavy atom. The molecular weight excluding hydrogens is 354 g/mol. The van der Waals surface area contributed by atoms with Crippen LogP contribution in [-0.2, 0) is 10.0 Å². The second-order valence-corrected chi connectivity index (χ2v) is 7.71. The number of anilines is 1. The van der Waals surface area contributed by atoms with Gasteiger partial charge in [-0.3, -0.25) is 9.52 Å². The summed E-state index contributed by atoms with van der Waals surface area (Å²) in [5, 5.41) is 6.08. The van der Waals surface area contributed by atoms with Gasteiger partial charge in [0.05, 0.1) is 12.0 Å². The first kappa shape index (κ1) is 18.2. The summed E-state index contributed by atoms with van der Waals surface area (Å²) in [6.07, 6.45) is 0.864. The number of hydrogen-bond acceptors (Lipinski definition) is 5. The van der Waals surface area contributed by atoms with Crippen LogP contribution >= 0.6 is 0 Å². The number of amides is 1. The second kappa shape index (κ2) is 7.76. The minimum atomic E-state index is -3.80. The van der Waals surface area contributed by atoms with Crippen molar-refractivity contribution >= 4 is 21.6 Å². The number of ether oxygens (including phenoxy) is 1. The first-order chi connectivity index (χ1) is 12.5. The quantitative estimate of drug-likeness (QED) is 0.712. The van der Waals surface area contributed by atoms with E-state index in [2.05, 4.69) is 15.4 Å². The summed E-state index contributed by atoms with van der Waals surface area (Å²) in [4.78, 5) is 12.4. The molecule has 2 aromatic rings. The molecule has 1 saturated heterocycles. The van der Waals surface area contributed by atoms with E-state index in [4.69, 9.17) is 4.74 Å². The Bertz CT molecular complexity index is 876. The molecule has 1 fully saturated rings. The molecule has 3 rings (SSSR count). The number of hydrogen-bond donors (Lipinski definition) is 3. The molecule has 26 heavy (non-hydrogen) atoms. The number of carbonyl (C=O) groups is 1. The number of rotatable bonds is 6. The van der Waals surface area contributed by atoms with Gasteiger partial charge >= 0.3 is 0 Å². The Morgan fingerprint density at radius 3 is 2.62 bits per heavy atom. The second-order valence-electron chi connectivity index (χ2n) is 6.03. The standard InChI is InChI=1S/C18H21N3O4S/c1-25-16-7-5-14(6-8-16)21-26(23,24)17-4-2-3-13(11-17)18(22)20-15-9-10-19-12-15/h2-8,11,15,19,21H,9-10,12H2,1H3,(H,20,22). The maximum absolute atomic E-state index is 12.6. The summed E-state index contributed by atoms with van der Waals surface area (Å²) in [5.74, 6) is 0.355. The number of benzene rings is 2. The van der Waals surface area contributed by atoms with Crippen molar-refractivity contribution < 1.29 is 17.9 Å². The van der Waals surface area contributed by atoms with Crippen LogP contribution in [0.15, 0.2) is 53.4 Å². The predicted molar refractivity (Wildman–Crippen MR) is 99.0 cm³/mol. The van der Waals surface area contributed by atoms with E-state index in [9.17, 15) is 13.2 Å². The number of sulfonamides is 1. The van der Waals surface area contributed by atoms with Crippen molar-refractivity contribution in [1.82, 2.24) is 10.6 Å². The Morgan fingerprint density at radius 2 is 1.96 bits per heavy atom. The molecule has 0 saturated carbocycles. The molecule has 8 heteroatoms. The van der Waals surface area contributed by atoms with Crippen LogP contribution < -0.4 is 20.1 Å². The SMILES string of the molecule is COc1ccc(NS(=O)(=O)c2cccc(C(=O)NC3CCNC3)c2)cc1. The van der Waals surface area contributed by atoms with Crippen molar-refractivity contribution in [2.24, 2.45) is 0 Å². The van der Waals surface area contributed by atoms with Gasteiger partial charge in [-0.25, -0.2) is 8.42 Å². The molecule has 1 aliphatic rings. The lowest BCUT2D eigenvalue weighted by atomic mass is 10.2. The van der Waals surface area contributed by atoms with Crippen molar-refractivity contribution in [1.29, 1.82) is 0 Å². The zero-order valence-corrected chi connectivity index (χ0v) is 15.2. The van der Waals surface area contributed by atoms with Crippen LogP contribution in [-0.4, -0.2) is 40.6 Å². The molecule has 0 spiro atoms. The van der Waals surface area contributed by atoms with Gasteiger partial charge in [-0.2, -0.15) is 0 Å². The van der Waals surface area contributed by atoms with Gasteiger partial charge in [0.25, 0.3) is 15.9 Å². The monoisotopic (exact) mass is 375 g/mol. The van der Waals surface area contributed by atoms with Crippen LogP contribution in [0.2, 0.25) is 0 Å². The molecule has 7 nitrogen and oxygen atoms in total. The summed E-state index contributed by atoms with van der Waals surface area (Å²) in [6, 6.07) is 12.6. The summed E-state index contributed by atoms with van der Waals surface area (Å²) in [6.45, 7) is 1.59. The first-order valence-electron chi connectivity index (χ1n) is 8.26. The number of nitrogens with one attached hydrogen (secondary N) is 3. The fourth-order valence-corrected chi connectivity index (χ4v) is 3.83. The topological polar surface area (TPSA) is 96.5 Å². The molecule has 1 atom stereocenters. The Labute approximate surface area is 152 Å². The lowest BCUT2D eigenvalue weighted by molar-refractivity contribution is 0.0940. The molecule has 0 bridgehead atoms. The Kier molecular flexibility index (Phi) is 5.43. The molecule has 1 amide bonds. The molecule has 1 unspecified atom stereocenters. The highest BCUT2D eigenvalue weighted by Gasteiger charge is 2.20. The normalized spacial score (nSPS) is 16.9. The van der Waals surface area contributed by atoms with Crippen LogP contribution in [0.1, 0.15) is 16.8 Å². The Balaban J connectivity index is 1.75. The average molecular weight is 375 g/mol. The van der Waals surface area contributed by atoms with Gasteiger partial charge in [0, 0.05) is 23.8 Å². The summed E-state index contributed by atoms with van der Waals surface area (Å²) < 4.78 is 32.7. The van der Waals surface area contributed by atoms with E-state index in [-0.39, 0.29) is 16.8 Å². The average Bonchev–Trinajstić information content (AvgIpc) is 3.15. The predicted octanol–water partition coefficient (Wildman–Crippen LogP) is 1.59. The molecule has 0 aliphatic carbocycles. The lowest BCUT2D eigenvalue weighted by Gasteiger charge is -2.13. The fourth-order valence-electron chi connectivity index (χ4n) is 2.72. The van der Waals surface area contributed by atoms with Gasteiger partial charge in [0.15, 0.2) is 0 Å². The van der Waals surface area contributed by atoms with E-state index >= 15 is 0 Å². The molecule has 3 N–H and O–H groups in total. The molecule has 1 aliphatic heterocycles. The fraction of sp³-hybridized carbons (Fsp3) is 0.278. The zero-order valence-electron chi connectivity index (χ0n) is 14.4. The maximum Gasteiger partial charge on any atom is 0.261 e. The van der Waals surface area contributed by atoms with Crippen LogP contribution in [0.25, 0.3) is 0 Å². The molecule has 1 heterocycles. The minimum absolute atomic E-state index is 0.0329. The number of methoxy groups -OCH3 is 1. The highest BCUT2D eigenvalue weighted by atomic mass is 32.2. The van der Waals surface area contributed by atoms with Crippen molar-refractivity contribution in [3.63, 3.8) is 0 Å². The summed E-state index contributed by atoms with van der Waals surface area (Å²) >= 11 is 0. The van der Waals surface area contributed by atoms with E-state index in [0.29, 0.717) is 17.0 Å². The summed E-state index contributed by atoms with van der Waals surface area (Å²) in [7, 11) is -2.26. The van der Waals surface area contributed by atoms with Crippen LogP contribution in [0, 0.1) is 0 Å². The third-order valence-electron chi connectivity index (χ3n) is 4.14. The van der Waals surface area contributed by atoms with E-state index in [1.807, 2.05) is 0 Å². The van der Waals surface area contributed by atoms with Gasteiger partial charge in [-0.15, -0.1) is 0 Å². The molecule has 0 radical (unpaired) electrons. The van der Waals surface area contributed by atoms with Gasteiger partial charge in [-0.05, 0) is 55.4 Å². The van der Waals surface area contributed by atoms with Crippen molar-refractivity contribution in [2.75, 3.05) is 24.9 Å². The Hall–Kier alpha value is -2.58. The maximum atomic E-state index is 12.6. The van der Waals surface area contributed by atoms with Gasteiger partial charge in [0.2, 0.25) is 0 Å². The smallest absolute Gasteiger partial charge is 0.261 e. The van der Waals surface area contributed by atoms with Gasteiger partial charge in [-0.1, -0.05) is 6.07 Å². The largest absolute Gasteiger partial charge is 0.497 e. The van der Waals surface area contributed by atoms with Gasteiger partial charge < -0.3 is 15.4 Å². The lowest BCUT2D eigenvalue weighted by Crippen LogP contribution is -2.36. The highest BCUT2D eigenvalue weighted by Crippen LogP contribution is 2.20. The molecule has 2 aromatic carbocycles.